The maximum atomic E-state index is 12.0. The van der Waals surface area contributed by atoms with Gasteiger partial charge in [-0.15, -0.1) is 5.10 Å². The number of rotatable bonds is 5. The Morgan fingerprint density at radius 2 is 2.30 bits per heavy atom. The molecule has 0 aliphatic rings. The van der Waals surface area contributed by atoms with Crippen LogP contribution in [0.5, 0.6) is 0 Å². The van der Waals surface area contributed by atoms with Crippen LogP contribution in [0.2, 0.25) is 0 Å². The topological polar surface area (TPSA) is 97.6 Å². The number of carbonyl (C=O) groups is 1. The first-order valence-corrected chi connectivity index (χ1v) is 7.02. The van der Waals surface area contributed by atoms with Gasteiger partial charge in [-0.2, -0.15) is 5.10 Å². The highest BCUT2D eigenvalue weighted by Crippen LogP contribution is 2.19. The summed E-state index contributed by atoms with van der Waals surface area (Å²) in [5.74, 6) is 1.15. The minimum atomic E-state index is -0.301. The van der Waals surface area contributed by atoms with Crippen molar-refractivity contribution in [3.8, 4) is 0 Å². The molecule has 2 N–H and O–H groups in total. The van der Waals surface area contributed by atoms with Crippen LogP contribution in [0, 0.1) is 5.92 Å². The Morgan fingerprint density at radius 1 is 1.50 bits per heavy atom. The maximum absolute atomic E-state index is 12.0. The van der Waals surface area contributed by atoms with Crippen molar-refractivity contribution >= 4 is 22.6 Å². The van der Waals surface area contributed by atoms with E-state index in [9.17, 15) is 4.79 Å². The number of hydrogen-bond donors (Lipinski definition) is 2. The molecular weight excluding hydrogens is 278 g/mol. The first kappa shape index (κ1) is 14.4. The molecule has 2 heterocycles. The number of nitrogens with zero attached hydrogens (tertiary/aromatic N) is 5. The predicted octanol–water partition coefficient (Wildman–Crippen LogP) is 1.58. The van der Waals surface area contributed by atoms with Gasteiger partial charge in [-0.3, -0.25) is 10.00 Å². The number of aryl methyl sites for hydroxylation is 1. The van der Waals surface area contributed by atoms with Gasteiger partial charge < -0.3 is 5.32 Å². The summed E-state index contributed by atoms with van der Waals surface area (Å²) in [6.07, 6.45) is 3.76. The number of carbonyl (C=O) groups excluding carboxylic acids is 1. The monoisotopic (exact) mass is 295 g/mol. The number of nitrogens with one attached hydrogen (secondary N) is 2. The smallest absolute Gasteiger partial charge is 0.320 e. The average Bonchev–Trinajstić information content (AvgIpc) is 2.99. The Morgan fingerprint density at radius 3 is 2.85 bits per heavy atom. The molecule has 2 amide bonds. The minimum Gasteiger partial charge on any atom is -0.328 e. The molecule has 0 spiro atoms. The molecule has 0 saturated heterocycles. The third kappa shape index (κ3) is 3.73. The Bertz CT molecular complexity index is 551. The van der Waals surface area contributed by atoms with Crippen molar-refractivity contribution < 1.29 is 4.79 Å². The zero-order valence-corrected chi connectivity index (χ0v) is 12.4. The molecule has 8 nitrogen and oxygen atoms in total. The van der Waals surface area contributed by atoms with Gasteiger partial charge in [0, 0.05) is 18.6 Å². The van der Waals surface area contributed by atoms with Crippen molar-refractivity contribution in [3.63, 3.8) is 0 Å². The summed E-state index contributed by atoms with van der Waals surface area (Å²) in [4.78, 5) is 16.2. The number of urea groups is 1. The van der Waals surface area contributed by atoms with Crippen LogP contribution in [0.15, 0.2) is 12.5 Å². The molecule has 2 aromatic rings. The quantitative estimate of drug-likeness (QED) is 0.872. The minimum absolute atomic E-state index is 0.191. The van der Waals surface area contributed by atoms with Gasteiger partial charge in [-0.1, -0.05) is 18.3 Å². The largest absolute Gasteiger partial charge is 0.328 e. The fraction of sp³-hybridized carbons (Fsp3) is 0.545. The zero-order chi connectivity index (χ0) is 14.5. The Kier molecular flexibility index (Phi) is 4.61. The van der Waals surface area contributed by atoms with Crippen LogP contribution in [0.25, 0.3) is 0 Å². The molecule has 0 aliphatic carbocycles. The predicted molar refractivity (Wildman–Crippen MR) is 75.3 cm³/mol. The van der Waals surface area contributed by atoms with Crippen LogP contribution in [-0.4, -0.2) is 30.4 Å². The van der Waals surface area contributed by atoms with E-state index >= 15 is 0 Å². The van der Waals surface area contributed by atoms with Crippen molar-refractivity contribution in [2.45, 2.75) is 26.3 Å². The molecule has 0 radical (unpaired) electrons. The van der Waals surface area contributed by atoms with Gasteiger partial charge in [0.25, 0.3) is 0 Å². The van der Waals surface area contributed by atoms with E-state index in [1.54, 1.807) is 4.68 Å². The number of aromatic nitrogens is 5. The lowest BCUT2D eigenvalue weighted by Crippen LogP contribution is -2.34. The van der Waals surface area contributed by atoms with Gasteiger partial charge in [-0.05, 0) is 12.3 Å². The van der Waals surface area contributed by atoms with Gasteiger partial charge in [0.15, 0.2) is 0 Å². The first-order valence-electron chi connectivity index (χ1n) is 6.25. The van der Waals surface area contributed by atoms with Gasteiger partial charge in [-0.25, -0.2) is 9.78 Å². The van der Waals surface area contributed by atoms with Crippen LogP contribution in [-0.2, 0) is 7.05 Å². The number of amides is 2. The van der Waals surface area contributed by atoms with E-state index in [0.29, 0.717) is 10.9 Å². The van der Waals surface area contributed by atoms with Crippen LogP contribution >= 0.6 is 11.5 Å². The van der Waals surface area contributed by atoms with Crippen LogP contribution in [0.3, 0.4) is 0 Å². The van der Waals surface area contributed by atoms with Crippen molar-refractivity contribution in [1.82, 2.24) is 29.7 Å². The van der Waals surface area contributed by atoms with Crippen molar-refractivity contribution in [2.75, 3.05) is 5.32 Å². The third-order valence-electron chi connectivity index (χ3n) is 2.67. The van der Waals surface area contributed by atoms with Crippen molar-refractivity contribution in [3.05, 3.63) is 18.3 Å². The van der Waals surface area contributed by atoms with Gasteiger partial charge in [0.1, 0.15) is 17.2 Å². The average molecular weight is 295 g/mol. The van der Waals surface area contributed by atoms with Crippen molar-refractivity contribution in [2.24, 2.45) is 13.0 Å². The Labute approximate surface area is 120 Å². The summed E-state index contributed by atoms with van der Waals surface area (Å²) in [7, 11) is 1.81. The van der Waals surface area contributed by atoms with Crippen molar-refractivity contribution in [1.29, 1.82) is 0 Å². The standard InChI is InChI=1S/C11H17N7OS/c1-7(2)4-8(10-12-6-14-18(10)3)15-11(19)16-9-5-13-17-20-9/h5-8H,4H2,1-3H3,(H2,15,16,19). The number of hydrogen-bond acceptors (Lipinski definition) is 6. The second-order valence-corrected chi connectivity index (χ2v) is 5.59. The summed E-state index contributed by atoms with van der Waals surface area (Å²) in [6, 6.07) is -0.493. The molecule has 0 saturated carbocycles. The highest BCUT2D eigenvalue weighted by atomic mass is 32.1. The van der Waals surface area contributed by atoms with E-state index < -0.39 is 0 Å². The van der Waals surface area contributed by atoms with Crippen LogP contribution in [0.4, 0.5) is 9.80 Å². The lowest BCUT2D eigenvalue weighted by atomic mass is 10.0. The van der Waals surface area contributed by atoms with Gasteiger partial charge in [0.2, 0.25) is 0 Å². The lowest BCUT2D eigenvalue weighted by Gasteiger charge is -2.19. The van der Waals surface area contributed by atoms with Gasteiger partial charge >= 0.3 is 6.03 Å². The molecule has 0 bridgehead atoms. The zero-order valence-electron chi connectivity index (χ0n) is 11.6. The first-order chi connectivity index (χ1) is 9.56. The summed E-state index contributed by atoms with van der Waals surface area (Å²) in [6.45, 7) is 4.19. The third-order valence-corrected chi connectivity index (χ3v) is 3.25. The molecule has 9 heteroatoms. The molecule has 0 fully saturated rings. The van der Waals surface area contributed by atoms with Gasteiger partial charge in [0.05, 0.1) is 12.2 Å². The molecule has 2 rings (SSSR count). The van der Waals surface area contributed by atoms with Crippen LogP contribution in [0.1, 0.15) is 32.1 Å². The summed E-state index contributed by atoms with van der Waals surface area (Å²) in [5.41, 5.74) is 0. The highest BCUT2D eigenvalue weighted by Gasteiger charge is 2.20. The second-order valence-electron chi connectivity index (χ2n) is 4.80. The Balaban J connectivity index is 2.04. The SMILES string of the molecule is CC(C)CC(NC(=O)Nc1cnns1)c1ncnn1C. The van der Waals surface area contributed by atoms with E-state index in [0.717, 1.165) is 23.8 Å². The maximum Gasteiger partial charge on any atom is 0.320 e. The second kappa shape index (κ2) is 6.42. The fourth-order valence-corrected chi connectivity index (χ4v) is 2.26. The van der Waals surface area contributed by atoms with Crippen LogP contribution < -0.4 is 10.6 Å². The van der Waals surface area contributed by atoms with E-state index in [1.807, 2.05) is 7.05 Å². The number of anilines is 1. The van der Waals surface area contributed by atoms with E-state index in [1.165, 1.54) is 12.5 Å². The Hall–Kier alpha value is -2.03. The molecular formula is C11H17N7OS. The molecule has 108 valence electrons. The molecule has 20 heavy (non-hydrogen) atoms. The molecule has 1 atom stereocenters. The summed E-state index contributed by atoms with van der Waals surface area (Å²) < 4.78 is 5.36. The summed E-state index contributed by atoms with van der Waals surface area (Å²) >= 11 is 1.13. The normalized spacial score (nSPS) is 12.4. The fourth-order valence-electron chi connectivity index (χ4n) is 1.85. The van der Waals surface area contributed by atoms with E-state index in [-0.39, 0.29) is 12.1 Å². The molecule has 1 unspecified atom stereocenters. The lowest BCUT2D eigenvalue weighted by molar-refractivity contribution is 0.245. The summed E-state index contributed by atoms with van der Waals surface area (Å²) in [5, 5.41) is 13.9. The molecule has 2 aromatic heterocycles. The molecule has 0 aromatic carbocycles. The van der Waals surface area contributed by atoms with E-state index in [2.05, 4.69) is 44.2 Å². The molecule has 0 aliphatic heterocycles. The van der Waals surface area contributed by atoms with E-state index in [4.69, 9.17) is 0 Å². The highest BCUT2D eigenvalue weighted by molar-refractivity contribution is 7.10.